The number of hydrogen-bond donors (Lipinski definition) is 7. The Morgan fingerprint density at radius 2 is 1.76 bits per heavy atom. The number of nitrogens with one attached hydrogen (secondary N) is 2. The maximum Gasteiger partial charge on any atom is 0.220 e. The monoisotopic (exact) mass is 633 g/mol. The zero-order valence-corrected chi connectivity index (χ0v) is 26.4. The van der Waals surface area contributed by atoms with Gasteiger partial charge in [-0.1, -0.05) is 36.4 Å². The summed E-state index contributed by atoms with van der Waals surface area (Å²) in [6, 6.07) is 16.9. The Balaban J connectivity index is 1.12. The number of pyridine rings is 1. The van der Waals surface area contributed by atoms with E-state index in [2.05, 4.69) is 65.0 Å². The number of aromatic nitrogens is 1. The van der Waals surface area contributed by atoms with Crippen molar-refractivity contribution in [3.8, 4) is 16.9 Å². The van der Waals surface area contributed by atoms with Crippen molar-refractivity contribution < 1.29 is 35.1 Å². The number of nitrogens with zero attached hydrogens (tertiary/aromatic N) is 1. The lowest BCUT2D eigenvalue weighted by atomic mass is 9.94. The van der Waals surface area contributed by atoms with E-state index in [1.807, 2.05) is 18.5 Å². The van der Waals surface area contributed by atoms with Crippen LogP contribution >= 0.6 is 0 Å². The minimum Gasteiger partial charge on any atom is -0.490 e. The number of amides is 1. The fourth-order valence-electron chi connectivity index (χ4n) is 5.78. The van der Waals surface area contributed by atoms with Crippen LogP contribution in [-0.2, 0) is 23.3 Å². The molecule has 46 heavy (non-hydrogen) atoms. The van der Waals surface area contributed by atoms with Crippen LogP contribution in [0.25, 0.3) is 11.1 Å². The summed E-state index contributed by atoms with van der Waals surface area (Å²) < 4.78 is 6.25. The first-order valence-corrected chi connectivity index (χ1v) is 16.3. The zero-order valence-electron chi connectivity index (χ0n) is 26.4. The van der Waals surface area contributed by atoms with E-state index in [4.69, 9.17) is 9.84 Å². The summed E-state index contributed by atoms with van der Waals surface area (Å²) >= 11 is 0. The molecule has 0 saturated heterocycles. The second kappa shape index (κ2) is 15.5. The van der Waals surface area contributed by atoms with E-state index in [9.17, 15) is 25.2 Å². The summed E-state index contributed by atoms with van der Waals surface area (Å²) in [6.45, 7) is 1.83. The average molecular weight is 634 g/mol. The average Bonchev–Trinajstić information content (AvgIpc) is 4.02. The second-order valence-electron chi connectivity index (χ2n) is 12.7. The largest absolute Gasteiger partial charge is 0.490 e. The van der Waals surface area contributed by atoms with E-state index in [0.29, 0.717) is 12.5 Å². The molecule has 2 aliphatic rings. The molecule has 2 saturated carbocycles. The van der Waals surface area contributed by atoms with E-state index >= 15 is 0 Å². The molecule has 2 aromatic carbocycles. The summed E-state index contributed by atoms with van der Waals surface area (Å²) in [7, 11) is 0. The van der Waals surface area contributed by atoms with Gasteiger partial charge in [-0.15, -0.1) is 0 Å². The van der Waals surface area contributed by atoms with Crippen LogP contribution in [0, 0.1) is 6.92 Å². The molecule has 0 spiro atoms. The van der Waals surface area contributed by atoms with E-state index in [-0.39, 0.29) is 24.4 Å². The number of hydrogen-bond acceptors (Lipinski definition) is 9. The Morgan fingerprint density at radius 1 is 1.00 bits per heavy atom. The first-order chi connectivity index (χ1) is 22.2. The molecule has 10 nitrogen and oxygen atoms in total. The number of aliphatic hydroxyl groups is 5. The van der Waals surface area contributed by atoms with Crippen molar-refractivity contribution in [3.05, 3.63) is 83.2 Å². The second-order valence-corrected chi connectivity index (χ2v) is 12.7. The minimum absolute atomic E-state index is 0.133. The highest BCUT2D eigenvalue weighted by atomic mass is 16.5. The lowest BCUT2D eigenvalue weighted by molar-refractivity contribution is -0.126. The topological polar surface area (TPSA) is 164 Å². The van der Waals surface area contributed by atoms with E-state index in [0.717, 1.165) is 61.9 Å². The predicted molar refractivity (Wildman–Crippen MR) is 174 cm³/mol. The van der Waals surface area contributed by atoms with Crippen molar-refractivity contribution in [3.63, 3.8) is 0 Å². The SMILES string of the molecule is Cc1ccc(CCCCC(=O)NC[C@@H](O)[C@H](O)[C@@H](O)[C@@H](O)CO)cc1CNC1(c2cnccc2-c2ccccc2OC2CC2)CC1. The van der Waals surface area contributed by atoms with Crippen LogP contribution in [0.1, 0.15) is 67.2 Å². The van der Waals surface area contributed by atoms with Gasteiger partial charge in [0, 0.05) is 43.0 Å². The molecule has 1 heterocycles. The molecule has 2 aliphatic carbocycles. The lowest BCUT2D eigenvalue weighted by Crippen LogP contribution is -2.49. The minimum atomic E-state index is -1.72. The Morgan fingerprint density at radius 3 is 2.50 bits per heavy atom. The van der Waals surface area contributed by atoms with Crippen LogP contribution in [0.4, 0.5) is 0 Å². The van der Waals surface area contributed by atoms with Gasteiger partial charge in [-0.25, -0.2) is 0 Å². The van der Waals surface area contributed by atoms with Crippen LogP contribution in [0.3, 0.4) is 0 Å². The standard InChI is InChI=1S/C36H47N3O7/c1-23-10-11-24(6-2-5-9-33(43)38-21-30(41)34(44)35(45)31(42)22-40)18-25(23)19-39-36(15-16-36)29-20-37-17-14-27(29)28-7-3-4-8-32(28)46-26-12-13-26/h3-4,7-8,10-11,14,17-18,20,26,30-31,34-35,39-42,44-45H,2,5-6,9,12-13,15-16,19,21-22H2,1H3,(H,38,43)/t30-,31+,34+,35+/m1/s1. The lowest BCUT2D eigenvalue weighted by Gasteiger charge is -2.25. The van der Waals surface area contributed by atoms with Crippen LogP contribution in [0.15, 0.2) is 60.9 Å². The molecule has 5 rings (SSSR count). The molecule has 7 N–H and O–H groups in total. The van der Waals surface area contributed by atoms with Gasteiger partial charge >= 0.3 is 0 Å². The molecule has 248 valence electrons. The van der Waals surface area contributed by atoms with Crippen molar-refractivity contribution >= 4 is 5.91 Å². The van der Waals surface area contributed by atoms with Crippen molar-refractivity contribution in [2.24, 2.45) is 0 Å². The molecule has 1 amide bonds. The third-order valence-electron chi connectivity index (χ3n) is 9.07. The van der Waals surface area contributed by atoms with Gasteiger partial charge < -0.3 is 40.9 Å². The summed E-state index contributed by atoms with van der Waals surface area (Å²) in [5.41, 5.74) is 7.01. The molecule has 1 aromatic heterocycles. The molecule has 3 aromatic rings. The Hall–Kier alpha value is -3.38. The van der Waals surface area contributed by atoms with Gasteiger partial charge in [0.15, 0.2) is 0 Å². The number of ether oxygens (including phenoxy) is 1. The molecule has 0 bridgehead atoms. The van der Waals surface area contributed by atoms with E-state index in [1.165, 1.54) is 22.3 Å². The molecule has 0 aliphatic heterocycles. The number of benzene rings is 2. The van der Waals surface area contributed by atoms with Crippen LogP contribution in [0.2, 0.25) is 0 Å². The zero-order chi connectivity index (χ0) is 32.7. The highest BCUT2D eigenvalue weighted by Crippen LogP contribution is 2.50. The normalized spacial score (nSPS) is 18.0. The number of carbonyl (C=O) groups excluding carboxylic acids is 1. The van der Waals surface area contributed by atoms with Gasteiger partial charge in [0.25, 0.3) is 0 Å². The van der Waals surface area contributed by atoms with E-state index < -0.39 is 31.0 Å². The maximum atomic E-state index is 12.2. The molecular formula is C36H47N3O7. The quantitative estimate of drug-likeness (QED) is 0.104. The highest BCUT2D eigenvalue weighted by Gasteiger charge is 2.46. The summed E-state index contributed by atoms with van der Waals surface area (Å²) in [4.78, 5) is 16.8. The van der Waals surface area contributed by atoms with Gasteiger partial charge in [-0.2, -0.15) is 0 Å². The molecule has 4 atom stereocenters. The maximum absolute atomic E-state index is 12.2. The number of aliphatic hydroxyl groups excluding tert-OH is 5. The van der Waals surface area contributed by atoms with Gasteiger partial charge in [0.05, 0.1) is 18.8 Å². The fourth-order valence-corrected chi connectivity index (χ4v) is 5.78. The molecule has 10 heteroatoms. The Kier molecular flexibility index (Phi) is 11.4. The number of unbranched alkanes of at least 4 members (excludes halogenated alkanes) is 1. The molecule has 0 unspecified atom stereocenters. The van der Waals surface area contributed by atoms with Crippen LogP contribution < -0.4 is 15.4 Å². The third kappa shape index (κ3) is 8.70. The number of rotatable bonds is 18. The Bertz CT molecular complexity index is 1460. The Labute approximate surface area is 270 Å². The van der Waals surface area contributed by atoms with Gasteiger partial charge in [0.1, 0.15) is 24.1 Å². The summed E-state index contributed by atoms with van der Waals surface area (Å²) in [6.07, 6.45) is 4.54. The molecule has 0 radical (unpaired) electrons. The van der Waals surface area contributed by atoms with Crippen molar-refractivity contribution in [2.75, 3.05) is 13.2 Å². The van der Waals surface area contributed by atoms with Crippen LogP contribution in [-0.4, -0.2) is 80.1 Å². The van der Waals surface area contributed by atoms with Crippen molar-refractivity contribution in [2.45, 2.75) is 101 Å². The third-order valence-corrected chi connectivity index (χ3v) is 9.07. The number of para-hydroxylation sites is 1. The molecular weight excluding hydrogens is 586 g/mol. The van der Waals surface area contributed by atoms with Crippen LogP contribution in [0.5, 0.6) is 5.75 Å². The van der Waals surface area contributed by atoms with Crippen molar-refractivity contribution in [1.82, 2.24) is 15.6 Å². The number of aryl methyl sites for hydroxylation is 2. The smallest absolute Gasteiger partial charge is 0.220 e. The number of carbonyl (C=O) groups is 1. The highest BCUT2D eigenvalue weighted by molar-refractivity contribution is 5.76. The van der Waals surface area contributed by atoms with Gasteiger partial charge in [-0.05, 0) is 91.8 Å². The first kappa shape index (κ1) is 34.0. The predicted octanol–water partition coefficient (Wildman–Crippen LogP) is 2.64. The molecule has 2 fully saturated rings. The summed E-state index contributed by atoms with van der Waals surface area (Å²) in [5, 5.41) is 54.3. The van der Waals surface area contributed by atoms with Gasteiger partial charge in [-0.3, -0.25) is 9.78 Å². The van der Waals surface area contributed by atoms with E-state index in [1.54, 1.807) is 0 Å². The van der Waals surface area contributed by atoms with Crippen molar-refractivity contribution in [1.29, 1.82) is 0 Å². The first-order valence-electron chi connectivity index (χ1n) is 16.3. The fraction of sp³-hybridized carbons (Fsp3) is 0.500. The summed E-state index contributed by atoms with van der Waals surface area (Å²) in [5.74, 6) is 0.656. The van der Waals surface area contributed by atoms with Gasteiger partial charge in [0.2, 0.25) is 5.91 Å².